The van der Waals surface area contributed by atoms with E-state index in [-0.39, 0.29) is 6.04 Å². The zero-order valence-electron chi connectivity index (χ0n) is 10.1. The van der Waals surface area contributed by atoms with Crippen LogP contribution in [0.1, 0.15) is 51.8 Å². The average molecular weight is 209 g/mol. The van der Waals surface area contributed by atoms with Gasteiger partial charge in [0.15, 0.2) is 0 Å². The molecule has 0 saturated carbocycles. The summed E-state index contributed by atoms with van der Waals surface area (Å²) in [6.07, 6.45) is 7.21. The van der Waals surface area contributed by atoms with Crippen molar-refractivity contribution in [3.8, 4) is 0 Å². The highest BCUT2D eigenvalue weighted by molar-refractivity contribution is 5.04. The van der Waals surface area contributed by atoms with E-state index in [1.165, 1.54) is 18.5 Å². The van der Waals surface area contributed by atoms with Crippen LogP contribution in [0.2, 0.25) is 0 Å². The van der Waals surface area contributed by atoms with Gasteiger partial charge in [0.05, 0.1) is 12.0 Å². The molecule has 1 rings (SSSR count). The number of rotatable bonds is 6. The molecule has 0 bridgehead atoms. The molecule has 1 aromatic heterocycles. The Labute approximate surface area is 92.7 Å². The second-order valence-electron chi connectivity index (χ2n) is 4.17. The summed E-state index contributed by atoms with van der Waals surface area (Å²) in [6.45, 7) is 7.64. The minimum Gasteiger partial charge on any atom is -0.333 e. The second-order valence-corrected chi connectivity index (χ2v) is 4.17. The number of nitrogens with two attached hydrogens (primary N) is 1. The van der Waals surface area contributed by atoms with Crippen LogP contribution < -0.4 is 5.73 Å². The van der Waals surface area contributed by atoms with Gasteiger partial charge in [0.25, 0.3) is 0 Å². The highest BCUT2D eigenvalue weighted by Gasteiger charge is 2.12. The fourth-order valence-corrected chi connectivity index (χ4v) is 1.83. The highest BCUT2D eigenvalue weighted by Crippen LogP contribution is 2.17. The van der Waals surface area contributed by atoms with Gasteiger partial charge in [-0.2, -0.15) is 0 Å². The summed E-state index contributed by atoms with van der Waals surface area (Å²) < 4.78 is 2.21. The maximum absolute atomic E-state index is 6.04. The number of nitrogens with zero attached hydrogens (tertiary/aromatic N) is 2. The fraction of sp³-hybridized carbons (Fsp3) is 0.750. The van der Waals surface area contributed by atoms with Gasteiger partial charge in [-0.05, 0) is 12.3 Å². The van der Waals surface area contributed by atoms with E-state index in [4.69, 9.17) is 5.73 Å². The molecule has 1 atom stereocenters. The third-order valence-electron chi connectivity index (χ3n) is 3.17. The van der Waals surface area contributed by atoms with Crippen LogP contribution in [0.3, 0.4) is 0 Å². The first kappa shape index (κ1) is 12.2. The Morgan fingerprint density at radius 1 is 1.27 bits per heavy atom. The highest BCUT2D eigenvalue weighted by atomic mass is 15.1. The van der Waals surface area contributed by atoms with Crippen molar-refractivity contribution in [3.63, 3.8) is 0 Å². The Morgan fingerprint density at radius 3 is 2.47 bits per heavy atom. The van der Waals surface area contributed by atoms with Crippen LogP contribution in [0.15, 0.2) is 12.5 Å². The average Bonchev–Trinajstić information content (AvgIpc) is 2.72. The van der Waals surface area contributed by atoms with E-state index >= 15 is 0 Å². The van der Waals surface area contributed by atoms with Crippen LogP contribution in [0, 0.1) is 5.92 Å². The molecule has 0 aromatic carbocycles. The van der Waals surface area contributed by atoms with E-state index in [0.29, 0.717) is 0 Å². The molecule has 3 nitrogen and oxygen atoms in total. The summed E-state index contributed by atoms with van der Waals surface area (Å²) in [5.74, 6) is 0.738. The molecule has 0 saturated heterocycles. The van der Waals surface area contributed by atoms with Crippen LogP contribution in [-0.2, 0) is 6.54 Å². The van der Waals surface area contributed by atoms with E-state index in [2.05, 4.69) is 30.3 Å². The summed E-state index contributed by atoms with van der Waals surface area (Å²) in [4.78, 5) is 4.20. The first-order chi connectivity index (χ1) is 7.22. The van der Waals surface area contributed by atoms with Crippen molar-refractivity contribution in [1.82, 2.24) is 9.55 Å². The van der Waals surface area contributed by atoms with Gasteiger partial charge < -0.3 is 10.3 Å². The van der Waals surface area contributed by atoms with E-state index in [1.54, 1.807) is 0 Å². The van der Waals surface area contributed by atoms with E-state index in [1.807, 2.05) is 12.5 Å². The van der Waals surface area contributed by atoms with Crippen molar-refractivity contribution in [2.45, 2.75) is 52.6 Å². The lowest BCUT2D eigenvalue weighted by Gasteiger charge is -2.17. The van der Waals surface area contributed by atoms with Gasteiger partial charge in [0.1, 0.15) is 0 Å². The van der Waals surface area contributed by atoms with Gasteiger partial charge in [0.2, 0.25) is 0 Å². The van der Waals surface area contributed by atoms with Gasteiger partial charge in [0, 0.05) is 18.8 Å². The predicted octanol–water partition coefficient (Wildman–Crippen LogP) is 2.73. The monoisotopic (exact) mass is 209 g/mol. The molecular weight excluding hydrogens is 186 g/mol. The number of hydrogen-bond acceptors (Lipinski definition) is 2. The smallest absolute Gasteiger partial charge is 0.0948 e. The molecule has 1 heterocycles. The van der Waals surface area contributed by atoms with Crippen molar-refractivity contribution in [2.24, 2.45) is 11.7 Å². The van der Waals surface area contributed by atoms with Crippen LogP contribution >= 0.6 is 0 Å². The van der Waals surface area contributed by atoms with Crippen molar-refractivity contribution in [2.75, 3.05) is 0 Å². The topological polar surface area (TPSA) is 43.8 Å². The molecule has 0 aliphatic heterocycles. The van der Waals surface area contributed by atoms with Crippen molar-refractivity contribution in [3.05, 3.63) is 18.2 Å². The Balaban J connectivity index is 2.72. The van der Waals surface area contributed by atoms with Crippen molar-refractivity contribution in [1.29, 1.82) is 0 Å². The summed E-state index contributed by atoms with van der Waals surface area (Å²) >= 11 is 0. The normalized spacial score (nSPS) is 13.4. The molecule has 15 heavy (non-hydrogen) atoms. The van der Waals surface area contributed by atoms with Crippen LogP contribution in [-0.4, -0.2) is 9.55 Å². The molecule has 1 aromatic rings. The van der Waals surface area contributed by atoms with Crippen molar-refractivity contribution < 1.29 is 0 Å². The Hall–Kier alpha value is -0.830. The SMILES string of the molecule is CCC(CC)Cn1cncc1[C@H](N)CC. The lowest BCUT2D eigenvalue weighted by atomic mass is 10.0. The van der Waals surface area contributed by atoms with Gasteiger partial charge in [-0.25, -0.2) is 4.98 Å². The largest absolute Gasteiger partial charge is 0.333 e. The molecule has 0 aliphatic rings. The molecule has 0 radical (unpaired) electrons. The van der Waals surface area contributed by atoms with E-state index in [9.17, 15) is 0 Å². The Bertz CT molecular complexity index is 276. The molecule has 86 valence electrons. The number of aromatic nitrogens is 2. The predicted molar refractivity (Wildman–Crippen MR) is 63.5 cm³/mol. The number of hydrogen-bond donors (Lipinski definition) is 1. The summed E-state index contributed by atoms with van der Waals surface area (Å²) in [5.41, 5.74) is 7.21. The maximum Gasteiger partial charge on any atom is 0.0948 e. The Kier molecular flexibility index (Phi) is 4.82. The minimum atomic E-state index is 0.127. The van der Waals surface area contributed by atoms with Gasteiger partial charge >= 0.3 is 0 Å². The second kappa shape index (κ2) is 5.91. The zero-order chi connectivity index (χ0) is 11.3. The van der Waals surface area contributed by atoms with E-state index in [0.717, 1.165) is 18.9 Å². The fourth-order valence-electron chi connectivity index (χ4n) is 1.83. The third kappa shape index (κ3) is 3.06. The molecule has 2 N–H and O–H groups in total. The van der Waals surface area contributed by atoms with Crippen LogP contribution in [0.4, 0.5) is 0 Å². The Morgan fingerprint density at radius 2 is 1.93 bits per heavy atom. The standard InChI is InChI=1S/C12H23N3/c1-4-10(5-2)8-15-9-14-7-12(15)11(13)6-3/h7,9-11H,4-6,8,13H2,1-3H3/t11-/m1/s1. The first-order valence-electron chi connectivity index (χ1n) is 5.98. The summed E-state index contributed by atoms with van der Waals surface area (Å²) in [7, 11) is 0. The van der Waals surface area contributed by atoms with Gasteiger partial charge in [-0.15, -0.1) is 0 Å². The molecule has 0 spiro atoms. The zero-order valence-corrected chi connectivity index (χ0v) is 10.1. The molecule has 0 aliphatic carbocycles. The third-order valence-corrected chi connectivity index (χ3v) is 3.17. The lowest BCUT2D eigenvalue weighted by molar-refractivity contribution is 0.405. The van der Waals surface area contributed by atoms with Crippen LogP contribution in [0.5, 0.6) is 0 Å². The van der Waals surface area contributed by atoms with E-state index < -0.39 is 0 Å². The molecule has 0 fully saturated rings. The van der Waals surface area contributed by atoms with Gasteiger partial charge in [-0.3, -0.25) is 0 Å². The minimum absolute atomic E-state index is 0.127. The first-order valence-corrected chi connectivity index (χ1v) is 5.98. The summed E-state index contributed by atoms with van der Waals surface area (Å²) in [6, 6.07) is 0.127. The number of imidazole rings is 1. The molecule has 0 unspecified atom stereocenters. The quantitative estimate of drug-likeness (QED) is 0.783. The maximum atomic E-state index is 6.04. The molecule has 0 amide bonds. The van der Waals surface area contributed by atoms with Gasteiger partial charge in [-0.1, -0.05) is 33.6 Å². The van der Waals surface area contributed by atoms with Crippen molar-refractivity contribution >= 4 is 0 Å². The molecular formula is C12H23N3. The summed E-state index contributed by atoms with van der Waals surface area (Å²) in [5, 5.41) is 0. The molecule has 3 heteroatoms. The van der Waals surface area contributed by atoms with Crippen LogP contribution in [0.25, 0.3) is 0 Å². The lowest BCUT2D eigenvalue weighted by Crippen LogP contribution is -2.17.